The molecule has 0 aromatic heterocycles. The van der Waals surface area contributed by atoms with Crippen molar-refractivity contribution in [2.75, 3.05) is 25.4 Å². The van der Waals surface area contributed by atoms with Crippen molar-refractivity contribution in [3.63, 3.8) is 0 Å². The van der Waals surface area contributed by atoms with Gasteiger partial charge in [0, 0.05) is 31.2 Å². The van der Waals surface area contributed by atoms with Gasteiger partial charge in [-0.15, -0.1) is 11.8 Å². The molecule has 3 nitrogen and oxygen atoms in total. The Morgan fingerprint density at radius 2 is 1.27 bits per heavy atom. The molecule has 5 aromatic rings. The predicted molar refractivity (Wildman–Crippen MR) is 168 cm³/mol. The molecule has 1 unspecified atom stereocenters. The van der Waals surface area contributed by atoms with Crippen LogP contribution >= 0.6 is 11.8 Å². The van der Waals surface area contributed by atoms with Crippen LogP contribution < -0.4 is 5.32 Å². The third-order valence-corrected chi connectivity index (χ3v) is 9.47. The number of rotatable bonds is 8. The number of hydrogen-bond acceptors (Lipinski definition) is 3. The van der Waals surface area contributed by atoms with Crippen LogP contribution in [-0.4, -0.2) is 42.2 Å². The van der Waals surface area contributed by atoms with Crippen molar-refractivity contribution in [2.45, 2.75) is 17.2 Å². The first-order valence-corrected chi connectivity index (χ1v) is 15.1. The third kappa shape index (κ3) is 5.30. The van der Waals surface area contributed by atoms with Gasteiger partial charge >= 0.3 is 0 Å². The highest BCUT2D eigenvalue weighted by atomic mass is 32.2. The number of amides is 1. The summed E-state index contributed by atoms with van der Waals surface area (Å²) in [5, 5.41) is 5.82. The lowest BCUT2D eigenvalue weighted by atomic mass is 9.84. The highest BCUT2D eigenvalue weighted by Crippen LogP contribution is 2.48. The summed E-state index contributed by atoms with van der Waals surface area (Å²) in [5.74, 6) is 1.08. The number of hydrogen-bond donors (Lipinski definition) is 1. The number of nitrogens with zero attached hydrogens (tertiary/aromatic N) is 1. The van der Waals surface area contributed by atoms with E-state index in [1.165, 1.54) is 16.7 Å². The Kier molecular flexibility index (Phi) is 7.99. The number of carbonyl (C=O) groups is 1. The van der Waals surface area contributed by atoms with E-state index >= 15 is 0 Å². The van der Waals surface area contributed by atoms with Gasteiger partial charge in [-0.3, -0.25) is 4.79 Å². The van der Waals surface area contributed by atoms with Crippen LogP contribution in [0.25, 0.3) is 10.8 Å². The molecule has 0 aliphatic carbocycles. The Labute approximate surface area is 241 Å². The van der Waals surface area contributed by atoms with Crippen molar-refractivity contribution in [2.24, 2.45) is 0 Å². The van der Waals surface area contributed by atoms with Crippen LogP contribution in [0.1, 0.15) is 33.5 Å². The minimum Gasteiger partial charge on any atom is -0.336 e. The van der Waals surface area contributed by atoms with E-state index in [4.69, 9.17) is 0 Å². The molecule has 5 aromatic carbocycles. The third-order valence-electron chi connectivity index (χ3n) is 7.89. The van der Waals surface area contributed by atoms with Crippen LogP contribution in [0.15, 0.2) is 133 Å². The van der Waals surface area contributed by atoms with Gasteiger partial charge in [-0.25, -0.2) is 0 Å². The van der Waals surface area contributed by atoms with Crippen LogP contribution in [0.2, 0.25) is 0 Å². The number of nitrogens with one attached hydrogen (secondary N) is 1. The number of fused-ring (bicyclic) bond motifs is 1. The summed E-state index contributed by atoms with van der Waals surface area (Å²) < 4.78 is -0.323. The monoisotopic (exact) mass is 542 g/mol. The normalized spacial score (nSPS) is 15.7. The SMILES string of the molecule is O=C(c1cccc2ccccc12)N1CCNC(CCSC(c2ccccc2)(c2ccccc2)c2ccccc2)C1. The Morgan fingerprint density at radius 3 is 1.90 bits per heavy atom. The molecule has 1 atom stereocenters. The second kappa shape index (κ2) is 12.1. The first kappa shape index (κ1) is 26.4. The Bertz CT molecular complexity index is 1450. The van der Waals surface area contributed by atoms with Gasteiger partial charge < -0.3 is 10.2 Å². The molecule has 0 radical (unpaired) electrons. The fraction of sp³-hybridized carbons (Fsp3) is 0.194. The van der Waals surface area contributed by atoms with Gasteiger partial charge in [0.2, 0.25) is 0 Å². The number of piperazine rings is 1. The molecule has 1 aliphatic rings. The summed E-state index contributed by atoms with van der Waals surface area (Å²) >= 11 is 1.99. The molecular weight excluding hydrogens is 508 g/mol. The van der Waals surface area contributed by atoms with Crippen LogP contribution in [0.4, 0.5) is 0 Å². The molecular formula is C36H34N2OS. The molecule has 1 amide bonds. The van der Waals surface area contributed by atoms with Crippen LogP contribution in [0.3, 0.4) is 0 Å². The van der Waals surface area contributed by atoms with E-state index in [1.807, 2.05) is 40.9 Å². The van der Waals surface area contributed by atoms with Crippen molar-refractivity contribution < 1.29 is 4.79 Å². The Hall–Kier alpha value is -3.86. The van der Waals surface area contributed by atoms with Gasteiger partial charge in [-0.1, -0.05) is 127 Å². The molecule has 6 rings (SSSR count). The summed E-state index contributed by atoms with van der Waals surface area (Å²) in [7, 11) is 0. The van der Waals surface area contributed by atoms with Crippen molar-refractivity contribution in [3.8, 4) is 0 Å². The van der Waals surface area contributed by atoms with Crippen molar-refractivity contribution in [1.29, 1.82) is 0 Å². The van der Waals surface area contributed by atoms with E-state index in [2.05, 4.69) is 115 Å². The van der Waals surface area contributed by atoms with E-state index < -0.39 is 0 Å². The summed E-state index contributed by atoms with van der Waals surface area (Å²) in [6, 6.07) is 47.0. The second-order valence-electron chi connectivity index (χ2n) is 10.3. The molecule has 0 saturated carbocycles. The van der Waals surface area contributed by atoms with Gasteiger partial charge in [-0.05, 0) is 45.7 Å². The fourth-order valence-corrected chi connectivity index (χ4v) is 7.53. The average molecular weight is 543 g/mol. The van der Waals surface area contributed by atoms with Gasteiger partial charge in [0.15, 0.2) is 0 Å². The molecule has 1 aliphatic heterocycles. The first-order chi connectivity index (χ1) is 19.8. The largest absolute Gasteiger partial charge is 0.336 e. The number of thioether (sulfide) groups is 1. The first-order valence-electron chi connectivity index (χ1n) is 14.1. The zero-order valence-corrected chi connectivity index (χ0v) is 23.4. The van der Waals surface area contributed by atoms with Crippen molar-refractivity contribution in [1.82, 2.24) is 10.2 Å². The van der Waals surface area contributed by atoms with Crippen LogP contribution in [0.5, 0.6) is 0 Å². The van der Waals surface area contributed by atoms with E-state index in [1.54, 1.807) is 0 Å². The summed E-state index contributed by atoms with van der Waals surface area (Å²) in [6.45, 7) is 2.26. The fourth-order valence-electron chi connectivity index (χ4n) is 5.91. The lowest BCUT2D eigenvalue weighted by Crippen LogP contribution is -2.52. The van der Waals surface area contributed by atoms with E-state index in [9.17, 15) is 4.79 Å². The molecule has 200 valence electrons. The predicted octanol–water partition coefficient (Wildman–Crippen LogP) is 7.37. The van der Waals surface area contributed by atoms with Gasteiger partial charge in [0.05, 0.1) is 4.75 Å². The Balaban J connectivity index is 1.23. The summed E-state index contributed by atoms with van der Waals surface area (Å²) in [5.41, 5.74) is 4.63. The van der Waals surface area contributed by atoms with Crippen LogP contribution in [-0.2, 0) is 4.75 Å². The van der Waals surface area contributed by atoms with Gasteiger partial charge in [-0.2, -0.15) is 0 Å². The lowest BCUT2D eigenvalue weighted by molar-refractivity contribution is 0.0704. The van der Waals surface area contributed by atoms with Crippen molar-refractivity contribution >= 4 is 28.4 Å². The molecule has 1 heterocycles. The van der Waals surface area contributed by atoms with Crippen molar-refractivity contribution in [3.05, 3.63) is 156 Å². The zero-order valence-electron chi connectivity index (χ0n) is 22.6. The maximum Gasteiger partial charge on any atom is 0.254 e. The molecule has 4 heteroatoms. The standard InChI is InChI=1S/C36H34N2OS/c39-35(34-22-12-14-28-13-10-11-21-33(28)34)38-25-24-37-32(27-38)23-26-40-36(29-15-4-1-5-16-29,30-17-6-2-7-18-30)31-19-8-3-9-20-31/h1-22,32,37H,23-27H2. The average Bonchev–Trinajstić information content (AvgIpc) is 3.04. The van der Waals surface area contributed by atoms with E-state index in [-0.39, 0.29) is 16.7 Å². The van der Waals surface area contributed by atoms with Crippen LogP contribution in [0, 0.1) is 0 Å². The lowest BCUT2D eigenvalue weighted by Gasteiger charge is -2.37. The molecule has 40 heavy (non-hydrogen) atoms. The van der Waals surface area contributed by atoms with Gasteiger partial charge in [0.25, 0.3) is 5.91 Å². The highest BCUT2D eigenvalue weighted by molar-refractivity contribution is 8.00. The quantitative estimate of drug-likeness (QED) is 0.208. The zero-order chi connectivity index (χ0) is 27.2. The molecule has 1 N–H and O–H groups in total. The highest BCUT2D eigenvalue weighted by Gasteiger charge is 2.37. The molecule has 0 bridgehead atoms. The topological polar surface area (TPSA) is 32.3 Å². The smallest absolute Gasteiger partial charge is 0.254 e. The molecule has 1 fully saturated rings. The van der Waals surface area contributed by atoms with E-state index in [0.29, 0.717) is 0 Å². The number of carbonyl (C=O) groups excluding carboxylic acids is 1. The maximum atomic E-state index is 13.6. The minimum atomic E-state index is -0.323. The molecule has 1 saturated heterocycles. The second-order valence-corrected chi connectivity index (χ2v) is 11.7. The maximum absolute atomic E-state index is 13.6. The minimum absolute atomic E-state index is 0.128. The van der Waals surface area contributed by atoms with Gasteiger partial charge in [0.1, 0.15) is 0 Å². The molecule has 0 spiro atoms. The summed E-state index contributed by atoms with van der Waals surface area (Å²) in [6.07, 6.45) is 0.970. The van der Waals surface area contributed by atoms with E-state index in [0.717, 1.165) is 48.1 Å². The summed E-state index contributed by atoms with van der Waals surface area (Å²) in [4.78, 5) is 15.7. The Morgan fingerprint density at radius 1 is 0.725 bits per heavy atom. The number of benzene rings is 5.